The van der Waals surface area contributed by atoms with Gasteiger partial charge < -0.3 is 10.1 Å². The lowest BCUT2D eigenvalue weighted by Crippen LogP contribution is -2.28. The van der Waals surface area contributed by atoms with E-state index in [0.29, 0.717) is 0 Å². The van der Waals surface area contributed by atoms with Crippen molar-refractivity contribution < 1.29 is 14.3 Å². The van der Waals surface area contributed by atoms with Gasteiger partial charge in [0, 0.05) is 0 Å². The Hall–Kier alpha value is -1.57. The first-order valence-electron chi connectivity index (χ1n) is 2.45. The zero-order chi connectivity index (χ0) is 7.98. The van der Waals surface area contributed by atoms with Crippen LogP contribution in [-0.4, -0.2) is 25.5 Å². The first-order chi connectivity index (χ1) is 4.70. The number of ether oxygens (including phenoxy) is 1. The van der Waals surface area contributed by atoms with Crippen molar-refractivity contribution in [3.8, 4) is 6.07 Å². The van der Waals surface area contributed by atoms with Gasteiger partial charge in [-0.25, -0.2) is 0 Å². The Morgan fingerprint density at radius 3 is 2.70 bits per heavy atom. The van der Waals surface area contributed by atoms with Gasteiger partial charge in [-0.2, -0.15) is 5.26 Å². The fourth-order valence-corrected chi connectivity index (χ4v) is 0.264. The number of nitrogens with one attached hydrogen (secondary N) is 1. The molecule has 0 spiro atoms. The third-order valence-electron chi connectivity index (χ3n) is 0.722. The van der Waals surface area contributed by atoms with E-state index in [-0.39, 0.29) is 6.54 Å². The smallest absolute Gasteiger partial charge is 0.325 e. The van der Waals surface area contributed by atoms with Crippen LogP contribution in [-0.2, 0) is 14.3 Å². The second-order valence-corrected chi connectivity index (χ2v) is 1.37. The second-order valence-electron chi connectivity index (χ2n) is 1.37. The van der Waals surface area contributed by atoms with Gasteiger partial charge in [0.25, 0.3) is 0 Å². The van der Waals surface area contributed by atoms with Crippen molar-refractivity contribution in [3.63, 3.8) is 0 Å². The normalized spacial score (nSPS) is 7.60. The molecule has 0 aromatic carbocycles. The highest BCUT2D eigenvalue weighted by Gasteiger charge is 2.01. The number of amides is 1. The number of rotatable bonds is 2. The molecule has 10 heavy (non-hydrogen) atoms. The van der Waals surface area contributed by atoms with Crippen LogP contribution < -0.4 is 5.32 Å². The summed E-state index contributed by atoms with van der Waals surface area (Å²) in [6.07, 6.45) is 0. The molecule has 0 bridgehead atoms. The number of nitriles is 1. The van der Waals surface area contributed by atoms with Gasteiger partial charge in [0.1, 0.15) is 6.54 Å². The lowest BCUT2D eigenvalue weighted by molar-refractivity contribution is -0.140. The first kappa shape index (κ1) is 8.43. The number of carbonyl (C=O) groups excluding carboxylic acids is 2. The molecule has 0 atom stereocenters. The van der Waals surface area contributed by atoms with Crippen LogP contribution in [0.3, 0.4) is 0 Å². The molecule has 5 heteroatoms. The molecule has 0 aromatic rings. The maximum absolute atomic E-state index is 10.3. The van der Waals surface area contributed by atoms with Gasteiger partial charge in [-0.05, 0) is 0 Å². The van der Waals surface area contributed by atoms with Crippen LogP contribution in [0.1, 0.15) is 0 Å². The third-order valence-corrected chi connectivity index (χ3v) is 0.722. The quantitative estimate of drug-likeness (QED) is 0.388. The minimum Gasteiger partial charge on any atom is -0.468 e. The maximum Gasteiger partial charge on any atom is 0.325 e. The summed E-state index contributed by atoms with van der Waals surface area (Å²) in [5.74, 6) is -1.42. The highest BCUT2D eigenvalue weighted by atomic mass is 16.5. The molecule has 0 saturated carbocycles. The van der Waals surface area contributed by atoms with Crippen molar-refractivity contribution in [1.29, 1.82) is 5.26 Å². The summed E-state index contributed by atoms with van der Waals surface area (Å²) in [6.45, 7) is -0.261. The van der Waals surface area contributed by atoms with Crippen LogP contribution in [0.15, 0.2) is 0 Å². The molecule has 0 heterocycles. The topological polar surface area (TPSA) is 79.2 Å². The van der Waals surface area contributed by atoms with Gasteiger partial charge in [0.05, 0.1) is 7.11 Å². The van der Waals surface area contributed by atoms with Crippen molar-refractivity contribution in [2.75, 3.05) is 13.7 Å². The van der Waals surface area contributed by atoms with Gasteiger partial charge >= 0.3 is 11.9 Å². The molecule has 1 N–H and O–H groups in total. The first-order valence-corrected chi connectivity index (χ1v) is 2.45. The number of hydrogen-bond acceptors (Lipinski definition) is 4. The molecule has 5 nitrogen and oxygen atoms in total. The van der Waals surface area contributed by atoms with Crippen LogP contribution >= 0.6 is 0 Å². The summed E-state index contributed by atoms with van der Waals surface area (Å²) < 4.78 is 4.18. The molecule has 54 valence electrons. The lowest BCUT2D eigenvalue weighted by Gasteiger charge is -1.96. The van der Waals surface area contributed by atoms with Crippen LogP contribution in [0.2, 0.25) is 0 Å². The van der Waals surface area contributed by atoms with Crippen molar-refractivity contribution in [2.24, 2.45) is 0 Å². The third kappa shape index (κ3) is 3.43. The van der Waals surface area contributed by atoms with Crippen LogP contribution in [0.25, 0.3) is 0 Å². The number of hydrogen-bond donors (Lipinski definition) is 1. The van der Waals surface area contributed by atoms with Crippen LogP contribution in [0, 0.1) is 11.3 Å². The van der Waals surface area contributed by atoms with E-state index in [4.69, 9.17) is 5.26 Å². The molecule has 1 amide bonds. The predicted octanol–water partition coefficient (Wildman–Crippen LogP) is -1.20. The second kappa shape index (κ2) is 4.32. The average molecular weight is 142 g/mol. The van der Waals surface area contributed by atoms with Crippen molar-refractivity contribution in [1.82, 2.24) is 5.32 Å². The summed E-state index contributed by atoms with van der Waals surface area (Å²) in [6, 6.07) is 1.29. The Morgan fingerprint density at radius 2 is 2.30 bits per heavy atom. The molecule has 0 rings (SSSR count). The summed E-state index contributed by atoms with van der Waals surface area (Å²) in [7, 11) is 1.20. The van der Waals surface area contributed by atoms with E-state index in [9.17, 15) is 9.59 Å². The fraction of sp³-hybridized carbons (Fsp3) is 0.400. The largest absolute Gasteiger partial charge is 0.468 e. The highest BCUT2D eigenvalue weighted by molar-refractivity contribution is 5.93. The minimum absolute atomic E-state index is 0.261. The standard InChI is InChI=1S/C5H6N2O3/c1-10-5(9)3-7-4(8)2-6/h3H2,1H3,(H,7,8). The van der Waals surface area contributed by atoms with Gasteiger partial charge in [-0.15, -0.1) is 0 Å². The molecular formula is C5H6N2O3. The van der Waals surface area contributed by atoms with Crippen molar-refractivity contribution >= 4 is 11.9 Å². The Balaban J connectivity index is 3.48. The van der Waals surface area contributed by atoms with Gasteiger partial charge in [-0.3, -0.25) is 9.59 Å². The Labute approximate surface area is 57.6 Å². The van der Waals surface area contributed by atoms with Gasteiger partial charge in [0.15, 0.2) is 6.07 Å². The van der Waals surface area contributed by atoms with E-state index < -0.39 is 11.9 Å². The van der Waals surface area contributed by atoms with E-state index in [1.54, 1.807) is 0 Å². The van der Waals surface area contributed by atoms with Crippen LogP contribution in [0.5, 0.6) is 0 Å². The molecule has 0 fully saturated rings. The van der Waals surface area contributed by atoms with E-state index in [0.717, 1.165) is 0 Å². The molecule has 0 aromatic heterocycles. The monoisotopic (exact) mass is 142 g/mol. The zero-order valence-corrected chi connectivity index (χ0v) is 5.38. The summed E-state index contributed by atoms with van der Waals surface area (Å²) in [5, 5.41) is 9.91. The molecule has 0 aliphatic rings. The molecule has 0 radical (unpaired) electrons. The maximum atomic E-state index is 10.3. The molecular weight excluding hydrogens is 136 g/mol. The zero-order valence-electron chi connectivity index (χ0n) is 5.38. The van der Waals surface area contributed by atoms with Gasteiger partial charge in [0.2, 0.25) is 0 Å². The number of methoxy groups -OCH3 is 1. The van der Waals surface area contributed by atoms with Crippen molar-refractivity contribution in [2.45, 2.75) is 0 Å². The average Bonchev–Trinajstić information content (AvgIpc) is 1.99. The van der Waals surface area contributed by atoms with E-state index >= 15 is 0 Å². The van der Waals surface area contributed by atoms with Crippen LogP contribution in [0.4, 0.5) is 0 Å². The Bertz CT molecular complexity index is 182. The number of esters is 1. The SMILES string of the molecule is COC(=O)CNC(=O)C#N. The molecule has 0 unspecified atom stereocenters. The Kier molecular flexibility index (Phi) is 3.64. The summed E-state index contributed by atoms with van der Waals surface area (Å²) in [4.78, 5) is 20.4. The Morgan fingerprint density at radius 1 is 1.70 bits per heavy atom. The molecule has 0 saturated heterocycles. The summed E-state index contributed by atoms with van der Waals surface area (Å²) >= 11 is 0. The number of nitrogens with zero attached hydrogens (tertiary/aromatic N) is 1. The minimum atomic E-state index is -0.842. The molecule has 0 aliphatic carbocycles. The fourth-order valence-electron chi connectivity index (χ4n) is 0.264. The highest BCUT2D eigenvalue weighted by Crippen LogP contribution is 1.68. The van der Waals surface area contributed by atoms with E-state index in [1.165, 1.54) is 13.2 Å². The van der Waals surface area contributed by atoms with Gasteiger partial charge in [-0.1, -0.05) is 0 Å². The van der Waals surface area contributed by atoms with E-state index in [1.807, 2.05) is 5.32 Å². The van der Waals surface area contributed by atoms with E-state index in [2.05, 4.69) is 4.74 Å². The molecule has 0 aliphatic heterocycles. The van der Waals surface area contributed by atoms with Crippen molar-refractivity contribution in [3.05, 3.63) is 0 Å². The number of carbonyl (C=O) groups is 2. The summed E-state index contributed by atoms with van der Waals surface area (Å²) in [5.41, 5.74) is 0. The predicted molar refractivity (Wildman–Crippen MR) is 30.6 cm³/mol. The lowest BCUT2D eigenvalue weighted by atomic mass is 10.6.